The number of rotatable bonds is 5. The fourth-order valence-electron chi connectivity index (χ4n) is 2.15. The molecule has 3 N–H and O–H groups in total. The predicted octanol–water partition coefficient (Wildman–Crippen LogP) is -0.291. The molecule has 0 aliphatic rings. The summed E-state index contributed by atoms with van der Waals surface area (Å²) in [6, 6.07) is 0.669. The lowest BCUT2D eigenvalue weighted by Crippen LogP contribution is -2.35. The number of nitrogens with one attached hydrogen (secondary N) is 3. The molecule has 9 heteroatoms. The third-order valence-electron chi connectivity index (χ3n) is 3.08. The van der Waals surface area contributed by atoms with E-state index in [1.165, 1.54) is 6.33 Å². The summed E-state index contributed by atoms with van der Waals surface area (Å²) in [6.07, 6.45) is 2.05. The summed E-state index contributed by atoms with van der Waals surface area (Å²) < 4.78 is 1.58. The van der Waals surface area contributed by atoms with E-state index in [0.29, 0.717) is 18.2 Å². The minimum Gasteiger partial charge on any atom is -0.341 e. The van der Waals surface area contributed by atoms with Gasteiger partial charge in [0.25, 0.3) is 11.5 Å². The van der Waals surface area contributed by atoms with Crippen LogP contribution >= 0.6 is 0 Å². The summed E-state index contributed by atoms with van der Waals surface area (Å²) in [7, 11) is 1.73. The summed E-state index contributed by atoms with van der Waals surface area (Å²) >= 11 is 0. The van der Waals surface area contributed by atoms with E-state index in [4.69, 9.17) is 0 Å². The Labute approximate surface area is 125 Å². The van der Waals surface area contributed by atoms with Crippen LogP contribution in [0.3, 0.4) is 0 Å². The molecule has 9 nitrogen and oxygen atoms in total. The van der Waals surface area contributed by atoms with Gasteiger partial charge in [0, 0.05) is 13.1 Å². The zero-order valence-corrected chi connectivity index (χ0v) is 12.6. The van der Waals surface area contributed by atoms with Gasteiger partial charge >= 0.3 is 5.69 Å². The van der Waals surface area contributed by atoms with Crippen molar-refractivity contribution in [3.8, 4) is 0 Å². The van der Waals surface area contributed by atoms with Crippen molar-refractivity contribution in [1.82, 2.24) is 30.0 Å². The first-order valence-corrected chi connectivity index (χ1v) is 6.85. The first-order valence-electron chi connectivity index (χ1n) is 6.85. The molecule has 1 amide bonds. The van der Waals surface area contributed by atoms with Crippen molar-refractivity contribution in [3.05, 3.63) is 44.8 Å². The molecule has 0 aromatic carbocycles. The van der Waals surface area contributed by atoms with Crippen molar-refractivity contribution in [2.24, 2.45) is 13.0 Å². The first-order chi connectivity index (χ1) is 10.4. The van der Waals surface area contributed by atoms with E-state index < -0.39 is 17.2 Å². The Hall–Kier alpha value is -2.71. The van der Waals surface area contributed by atoms with Crippen molar-refractivity contribution in [1.29, 1.82) is 0 Å². The lowest BCUT2D eigenvalue weighted by molar-refractivity contribution is 0.0923. The average Bonchev–Trinajstić information content (AvgIpc) is 2.82. The largest absolute Gasteiger partial charge is 0.341 e. The van der Waals surface area contributed by atoms with Gasteiger partial charge in [-0.3, -0.25) is 19.3 Å². The molecule has 0 bridgehead atoms. The molecular weight excluding hydrogens is 288 g/mol. The average molecular weight is 306 g/mol. The van der Waals surface area contributed by atoms with E-state index in [2.05, 4.69) is 20.4 Å². The zero-order chi connectivity index (χ0) is 16.3. The van der Waals surface area contributed by atoms with E-state index in [9.17, 15) is 14.4 Å². The lowest BCUT2D eigenvalue weighted by atomic mass is 10.0. The minimum absolute atomic E-state index is 0.0929. The third kappa shape index (κ3) is 3.68. The second kappa shape index (κ2) is 6.37. The predicted molar refractivity (Wildman–Crippen MR) is 78.3 cm³/mol. The second-order valence-corrected chi connectivity index (χ2v) is 5.40. The molecule has 0 aliphatic heterocycles. The standard InChI is InChI=1S/C13H18N6O3/c1-7(2)4-8(11-14-6-15-19(11)3)16-12(21)9-5-10(20)18-13(22)17-9/h5-8H,4H2,1-3H3,(H,16,21)(H2,17,18,20,22)/t8-/m1/s1. The smallest absolute Gasteiger partial charge is 0.326 e. The molecule has 0 unspecified atom stereocenters. The van der Waals surface area contributed by atoms with Gasteiger partial charge in [-0.05, 0) is 12.3 Å². The molecule has 0 saturated carbocycles. The highest BCUT2D eigenvalue weighted by atomic mass is 16.2. The zero-order valence-electron chi connectivity index (χ0n) is 12.6. The summed E-state index contributed by atoms with van der Waals surface area (Å²) in [5, 5.41) is 6.77. The Kier molecular flexibility index (Phi) is 4.54. The fraction of sp³-hybridized carbons (Fsp3) is 0.462. The number of aromatic amines is 2. The Morgan fingerprint density at radius 2 is 2.09 bits per heavy atom. The monoisotopic (exact) mass is 306 g/mol. The molecule has 118 valence electrons. The van der Waals surface area contributed by atoms with Crippen LogP contribution in [0.2, 0.25) is 0 Å². The van der Waals surface area contributed by atoms with Crippen LogP contribution in [0.4, 0.5) is 0 Å². The first kappa shape index (κ1) is 15.7. The van der Waals surface area contributed by atoms with Gasteiger partial charge in [0.2, 0.25) is 0 Å². The molecule has 22 heavy (non-hydrogen) atoms. The van der Waals surface area contributed by atoms with Gasteiger partial charge in [0.1, 0.15) is 17.8 Å². The topological polar surface area (TPSA) is 126 Å². The van der Waals surface area contributed by atoms with E-state index in [-0.39, 0.29) is 11.7 Å². The van der Waals surface area contributed by atoms with Crippen molar-refractivity contribution in [2.75, 3.05) is 0 Å². The molecule has 2 aromatic heterocycles. The Morgan fingerprint density at radius 1 is 1.36 bits per heavy atom. The molecule has 2 heterocycles. The van der Waals surface area contributed by atoms with Crippen LogP contribution in [0.5, 0.6) is 0 Å². The van der Waals surface area contributed by atoms with E-state index in [1.54, 1.807) is 11.7 Å². The number of hydrogen-bond donors (Lipinski definition) is 3. The Morgan fingerprint density at radius 3 is 2.64 bits per heavy atom. The van der Waals surface area contributed by atoms with Crippen LogP contribution in [0.1, 0.15) is 42.6 Å². The second-order valence-electron chi connectivity index (χ2n) is 5.40. The van der Waals surface area contributed by atoms with Crippen LogP contribution in [0.25, 0.3) is 0 Å². The third-order valence-corrected chi connectivity index (χ3v) is 3.08. The van der Waals surface area contributed by atoms with Gasteiger partial charge in [-0.25, -0.2) is 9.78 Å². The summed E-state index contributed by atoms with van der Waals surface area (Å²) in [6.45, 7) is 4.04. The quantitative estimate of drug-likeness (QED) is 0.700. The summed E-state index contributed by atoms with van der Waals surface area (Å²) in [5.41, 5.74) is -1.45. The van der Waals surface area contributed by atoms with Crippen LogP contribution in [-0.2, 0) is 7.05 Å². The number of carbonyl (C=O) groups excluding carboxylic acids is 1. The highest BCUT2D eigenvalue weighted by Gasteiger charge is 2.21. The van der Waals surface area contributed by atoms with Crippen LogP contribution in [0.15, 0.2) is 22.0 Å². The van der Waals surface area contributed by atoms with Gasteiger partial charge in [-0.15, -0.1) is 0 Å². The lowest BCUT2D eigenvalue weighted by Gasteiger charge is -2.19. The Bertz CT molecular complexity index is 744. The van der Waals surface area contributed by atoms with Gasteiger partial charge in [0.05, 0.1) is 6.04 Å². The minimum atomic E-state index is -0.725. The molecule has 2 rings (SSSR count). The van der Waals surface area contributed by atoms with Crippen molar-refractivity contribution in [2.45, 2.75) is 26.3 Å². The number of nitrogens with zero attached hydrogens (tertiary/aromatic N) is 3. The summed E-state index contributed by atoms with van der Waals surface area (Å²) in [5.74, 6) is 0.367. The van der Waals surface area contributed by atoms with Crippen molar-refractivity contribution >= 4 is 5.91 Å². The maximum Gasteiger partial charge on any atom is 0.326 e. The SMILES string of the molecule is CC(C)C[C@@H](NC(=O)c1cc(=O)[nH]c(=O)[nH]1)c1ncnn1C. The van der Waals surface area contributed by atoms with Crippen LogP contribution in [-0.4, -0.2) is 30.6 Å². The number of hydrogen-bond acceptors (Lipinski definition) is 5. The van der Waals surface area contributed by atoms with Crippen molar-refractivity contribution in [3.63, 3.8) is 0 Å². The normalized spacial score (nSPS) is 12.4. The number of H-pyrrole nitrogens is 2. The number of amides is 1. The highest BCUT2D eigenvalue weighted by molar-refractivity contribution is 5.92. The number of carbonyl (C=O) groups is 1. The number of aromatic nitrogens is 5. The molecule has 0 aliphatic carbocycles. The van der Waals surface area contributed by atoms with Crippen LogP contribution < -0.4 is 16.6 Å². The maximum absolute atomic E-state index is 12.3. The molecule has 1 atom stereocenters. The van der Waals surface area contributed by atoms with Crippen LogP contribution in [0, 0.1) is 5.92 Å². The molecular formula is C13H18N6O3. The fourth-order valence-corrected chi connectivity index (χ4v) is 2.15. The van der Waals surface area contributed by atoms with Gasteiger partial charge in [-0.2, -0.15) is 5.10 Å². The Balaban J connectivity index is 2.27. The van der Waals surface area contributed by atoms with E-state index in [0.717, 1.165) is 6.07 Å². The van der Waals surface area contributed by atoms with E-state index in [1.807, 2.05) is 18.8 Å². The van der Waals surface area contributed by atoms with Crippen molar-refractivity contribution < 1.29 is 4.79 Å². The van der Waals surface area contributed by atoms with E-state index >= 15 is 0 Å². The summed E-state index contributed by atoms with van der Waals surface area (Å²) in [4.78, 5) is 43.2. The van der Waals surface area contributed by atoms with Gasteiger partial charge < -0.3 is 10.3 Å². The molecule has 0 spiro atoms. The number of aryl methyl sites for hydroxylation is 1. The van der Waals surface area contributed by atoms with Gasteiger partial charge in [0.15, 0.2) is 0 Å². The highest BCUT2D eigenvalue weighted by Crippen LogP contribution is 2.19. The molecule has 2 aromatic rings. The maximum atomic E-state index is 12.3. The molecule has 0 saturated heterocycles. The molecule has 0 fully saturated rings. The van der Waals surface area contributed by atoms with Gasteiger partial charge in [-0.1, -0.05) is 13.8 Å². The molecule has 0 radical (unpaired) electrons.